The predicted octanol–water partition coefficient (Wildman–Crippen LogP) is 19.0. The number of carbonyl (C=O) groups is 2. The molecule has 0 heterocycles. The van der Waals surface area contributed by atoms with Crippen molar-refractivity contribution < 1.29 is 19.4 Å². The standard InChI is InChI=1S/C52H104O2.C2H4O2/c1-9-17-24-31-40-50(49(53)54-16-8,41-32-25-18-10-2)42-38-39-48-52(46-36-29-22-14-6,47-37-30-23-15-7)51(43-33-26-19-11-3,44-34-27-20-12-4)45-35-28-21-13-5;1-2(3)4/h9-48H2,1-8H3;1H3,(H,3,4). The number of ether oxygens (including phenoxy) is 1. The number of hydrogen-bond donors (Lipinski definition) is 1. The summed E-state index contributed by atoms with van der Waals surface area (Å²) < 4.78 is 5.98. The summed E-state index contributed by atoms with van der Waals surface area (Å²) in [5.41, 5.74) is 0.632. The summed E-state index contributed by atoms with van der Waals surface area (Å²) in [6.45, 7) is 20.2. The SMILES string of the molecule is CC(=O)O.CCCCCCC(CCCCCC)(CCCCC(CCCCCC)(CCCCCC)C(CCCCCC)(CCCCCC)CCCCCC)C(=O)OCC. The van der Waals surface area contributed by atoms with Crippen molar-refractivity contribution in [3.63, 3.8) is 0 Å². The third-order valence-corrected chi connectivity index (χ3v) is 14.0. The number of hydrogen-bond acceptors (Lipinski definition) is 3. The number of carboxylic acids is 1. The van der Waals surface area contributed by atoms with Gasteiger partial charge >= 0.3 is 5.97 Å². The van der Waals surface area contributed by atoms with Gasteiger partial charge in [0.25, 0.3) is 5.97 Å². The van der Waals surface area contributed by atoms with Crippen LogP contribution in [0.15, 0.2) is 0 Å². The fourth-order valence-corrected chi connectivity index (χ4v) is 10.5. The van der Waals surface area contributed by atoms with Crippen LogP contribution in [0.4, 0.5) is 0 Å². The molecule has 0 fully saturated rings. The third kappa shape index (κ3) is 28.5. The van der Waals surface area contributed by atoms with E-state index < -0.39 is 5.97 Å². The Morgan fingerprint density at radius 2 is 0.534 bits per heavy atom. The molecule has 0 spiro atoms. The lowest BCUT2D eigenvalue weighted by Gasteiger charge is -2.54. The molecular weight excluding hydrogens is 713 g/mol. The van der Waals surface area contributed by atoms with Crippen LogP contribution in [0.1, 0.15) is 313 Å². The van der Waals surface area contributed by atoms with E-state index in [1.54, 1.807) is 0 Å². The van der Waals surface area contributed by atoms with Gasteiger partial charge in [-0.3, -0.25) is 9.59 Å². The van der Waals surface area contributed by atoms with Crippen LogP contribution in [-0.2, 0) is 14.3 Å². The molecule has 0 unspecified atom stereocenters. The Morgan fingerprint density at radius 3 is 0.741 bits per heavy atom. The summed E-state index contributed by atoms with van der Waals surface area (Å²) >= 11 is 0. The highest BCUT2D eigenvalue weighted by Crippen LogP contribution is 2.59. The van der Waals surface area contributed by atoms with Gasteiger partial charge in [-0.2, -0.15) is 0 Å². The number of aliphatic carboxylic acids is 1. The van der Waals surface area contributed by atoms with Gasteiger partial charge in [0.2, 0.25) is 0 Å². The number of rotatable bonds is 43. The second-order valence-electron chi connectivity index (χ2n) is 19.0. The highest BCUT2D eigenvalue weighted by Gasteiger charge is 2.48. The number of esters is 1. The minimum Gasteiger partial charge on any atom is -0.481 e. The van der Waals surface area contributed by atoms with E-state index in [0.29, 0.717) is 17.4 Å². The molecule has 0 aromatic carbocycles. The van der Waals surface area contributed by atoms with Gasteiger partial charge in [0.15, 0.2) is 0 Å². The van der Waals surface area contributed by atoms with Gasteiger partial charge in [-0.15, -0.1) is 0 Å². The molecule has 348 valence electrons. The first-order valence-electron chi connectivity index (χ1n) is 26.5. The van der Waals surface area contributed by atoms with Crippen molar-refractivity contribution in [3.8, 4) is 0 Å². The zero-order valence-corrected chi connectivity index (χ0v) is 41.5. The first-order valence-corrected chi connectivity index (χ1v) is 26.5. The maximum Gasteiger partial charge on any atom is 0.312 e. The summed E-state index contributed by atoms with van der Waals surface area (Å²) in [4.78, 5) is 23.0. The Bertz CT molecular complexity index is 821. The average Bonchev–Trinajstić information content (AvgIpc) is 3.20. The van der Waals surface area contributed by atoms with E-state index in [4.69, 9.17) is 14.6 Å². The topological polar surface area (TPSA) is 63.6 Å². The maximum absolute atomic E-state index is 14.0. The Balaban J connectivity index is 0. The summed E-state index contributed by atoms with van der Waals surface area (Å²) in [6.07, 6.45) is 52.1. The van der Waals surface area contributed by atoms with E-state index in [1.165, 1.54) is 231 Å². The van der Waals surface area contributed by atoms with Crippen LogP contribution in [-0.4, -0.2) is 23.7 Å². The predicted molar refractivity (Wildman–Crippen MR) is 257 cm³/mol. The first kappa shape index (κ1) is 59.0. The zero-order valence-electron chi connectivity index (χ0n) is 41.5. The summed E-state index contributed by atoms with van der Waals surface area (Å²) in [6, 6.07) is 0. The Hall–Kier alpha value is -1.06. The second-order valence-corrected chi connectivity index (χ2v) is 19.0. The van der Waals surface area contributed by atoms with Crippen LogP contribution in [0.5, 0.6) is 0 Å². The highest BCUT2D eigenvalue weighted by atomic mass is 16.5. The molecule has 0 amide bonds. The van der Waals surface area contributed by atoms with E-state index in [2.05, 4.69) is 48.5 Å². The van der Waals surface area contributed by atoms with Crippen molar-refractivity contribution in [2.45, 2.75) is 313 Å². The average molecular weight is 821 g/mol. The minimum atomic E-state index is -0.833. The van der Waals surface area contributed by atoms with Gasteiger partial charge in [0.05, 0.1) is 12.0 Å². The Labute approximate surface area is 365 Å². The van der Waals surface area contributed by atoms with Crippen molar-refractivity contribution in [1.29, 1.82) is 0 Å². The highest BCUT2D eigenvalue weighted by molar-refractivity contribution is 5.76. The van der Waals surface area contributed by atoms with Gasteiger partial charge in [0.1, 0.15) is 0 Å². The van der Waals surface area contributed by atoms with Crippen LogP contribution in [0, 0.1) is 16.2 Å². The zero-order chi connectivity index (χ0) is 43.6. The summed E-state index contributed by atoms with van der Waals surface area (Å²) in [5.74, 6) is -0.694. The van der Waals surface area contributed by atoms with Gasteiger partial charge in [-0.05, 0) is 75.5 Å². The number of unbranched alkanes of at least 4 members (excludes halogenated alkanes) is 22. The lowest BCUT2D eigenvalue weighted by atomic mass is 9.51. The molecule has 4 heteroatoms. The fourth-order valence-electron chi connectivity index (χ4n) is 10.5. The Morgan fingerprint density at radius 1 is 0.345 bits per heavy atom. The van der Waals surface area contributed by atoms with Crippen molar-refractivity contribution in [3.05, 3.63) is 0 Å². The molecule has 4 nitrogen and oxygen atoms in total. The minimum absolute atomic E-state index is 0.139. The maximum atomic E-state index is 14.0. The summed E-state index contributed by atoms with van der Waals surface area (Å²) in [5, 5.41) is 7.42. The molecule has 0 rings (SSSR count). The normalized spacial score (nSPS) is 12.1. The molecule has 0 aliphatic carbocycles. The van der Waals surface area contributed by atoms with Gasteiger partial charge in [-0.1, -0.05) is 241 Å². The van der Waals surface area contributed by atoms with Crippen LogP contribution in [0.25, 0.3) is 0 Å². The lowest BCUT2D eigenvalue weighted by Crippen LogP contribution is -2.43. The van der Waals surface area contributed by atoms with Crippen molar-refractivity contribution >= 4 is 11.9 Å². The monoisotopic (exact) mass is 821 g/mol. The van der Waals surface area contributed by atoms with E-state index in [9.17, 15) is 4.79 Å². The van der Waals surface area contributed by atoms with Crippen LogP contribution in [0.3, 0.4) is 0 Å². The van der Waals surface area contributed by atoms with E-state index in [0.717, 1.165) is 26.2 Å². The van der Waals surface area contributed by atoms with E-state index in [1.807, 2.05) is 6.92 Å². The molecule has 0 aliphatic rings. The van der Waals surface area contributed by atoms with Crippen LogP contribution >= 0.6 is 0 Å². The lowest BCUT2D eigenvalue weighted by molar-refractivity contribution is -0.157. The van der Waals surface area contributed by atoms with Gasteiger partial charge < -0.3 is 9.84 Å². The first-order chi connectivity index (χ1) is 28.1. The third-order valence-electron chi connectivity index (χ3n) is 14.0. The molecule has 0 aliphatic heterocycles. The molecule has 0 atom stereocenters. The molecule has 0 bridgehead atoms. The molecule has 0 aromatic rings. The molecule has 1 N–H and O–H groups in total. The smallest absolute Gasteiger partial charge is 0.312 e. The quantitative estimate of drug-likeness (QED) is 0.0492. The number of carbonyl (C=O) groups excluding carboxylic acids is 1. The molecule has 0 radical (unpaired) electrons. The molecule has 0 aromatic heterocycles. The van der Waals surface area contributed by atoms with Gasteiger partial charge in [-0.25, -0.2) is 0 Å². The molecular formula is C54H108O4. The van der Waals surface area contributed by atoms with Gasteiger partial charge in [0, 0.05) is 6.92 Å². The number of carboxylic acid groups (broad SMARTS) is 1. The van der Waals surface area contributed by atoms with E-state index >= 15 is 0 Å². The summed E-state index contributed by atoms with van der Waals surface area (Å²) in [7, 11) is 0. The Kier molecular flexibility index (Phi) is 42.0. The van der Waals surface area contributed by atoms with Crippen molar-refractivity contribution in [2.75, 3.05) is 6.61 Å². The van der Waals surface area contributed by atoms with E-state index in [-0.39, 0.29) is 11.4 Å². The van der Waals surface area contributed by atoms with Crippen molar-refractivity contribution in [1.82, 2.24) is 0 Å². The van der Waals surface area contributed by atoms with Crippen LogP contribution < -0.4 is 0 Å². The molecule has 0 saturated carbocycles. The second kappa shape index (κ2) is 41.3. The van der Waals surface area contributed by atoms with Crippen molar-refractivity contribution in [2.24, 2.45) is 16.2 Å². The fraction of sp³-hybridized carbons (Fsp3) is 0.963. The molecule has 0 saturated heterocycles. The molecule has 58 heavy (non-hydrogen) atoms. The largest absolute Gasteiger partial charge is 0.481 e. The van der Waals surface area contributed by atoms with Crippen LogP contribution in [0.2, 0.25) is 0 Å².